The Morgan fingerprint density at radius 1 is 1.05 bits per heavy atom. The van der Waals surface area contributed by atoms with Gasteiger partial charge in [0, 0.05) is 24.9 Å². The predicted molar refractivity (Wildman–Crippen MR) is 80.6 cm³/mol. The first kappa shape index (κ1) is 12.5. The molecule has 0 saturated carbocycles. The second kappa shape index (κ2) is 5.62. The number of fused-ring (bicyclic) bond motifs is 1. The van der Waals surface area contributed by atoms with E-state index in [0.29, 0.717) is 6.04 Å². The summed E-state index contributed by atoms with van der Waals surface area (Å²) in [5.41, 5.74) is 1.22. The van der Waals surface area contributed by atoms with Crippen molar-refractivity contribution >= 4 is 16.5 Å². The van der Waals surface area contributed by atoms with E-state index in [0.717, 1.165) is 19.1 Å². The normalized spacial score (nSPS) is 18.4. The number of ether oxygens (including phenoxy) is 1. The van der Waals surface area contributed by atoms with Crippen LogP contribution in [0.25, 0.3) is 10.8 Å². The van der Waals surface area contributed by atoms with Crippen LogP contribution in [0.15, 0.2) is 42.5 Å². The van der Waals surface area contributed by atoms with Crippen LogP contribution in [-0.4, -0.2) is 19.3 Å². The van der Waals surface area contributed by atoms with Crippen LogP contribution in [0, 0.1) is 5.92 Å². The molecule has 2 heteroatoms. The average Bonchev–Trinajstić information content (AvgIpc) is 2.48. The van der Waals surface area contributed by atoms with E-state index in [1.54, 1.807) is 0 Å². The van der Waals surface area contributed by atoms with Crippen LogP contribution >= 0.6 is 0 Å². The van der Waals surface area contributed by atoms with Crippen molar-refractivity contribution in [1.29, 1.82) is 0 Å². The lowest BCUT2D eigenvalue weighted by molar-refractivity contribution is 0.0622. The van der Waals surface area contributed by atoms with E-state index in [-0.39, 0.29) is 0 Å². The van der Waals surface area contributed by atoms with Crippen molar-refractivity contribution in [3.8, 4) is 0 Å². The summed E-state index contributed by atoms with van der Waals surface area (Å²) in [5.74, 6) is 0.722. The predicted octanol–water partition coefficient (Wildman–Crippen LogP) is 4.07. The zero-order chi connectivity index (χ0) is 13.1. The maximum absolute atomic E-state index is 5.43. The molecule has 1 aliphatic rings. The first-order valence-electron chi connectivity index (χ1n) is 7.16. The van der Waals surface area contributed by atoms with E-state index in [1.807, 2.05) is 0 Å². The zero-order valence-electron chi connectivity index (χ0n) is 11.4. The first-order chi connectivity index (χ1) is 9.33. The van der Waals surface area contributed by atoms with Crippen molar-refractivity contribution in [2.45, 2.75) is 25.8 Å². The van der Waals surface area contributed by atoms with Crippen molar-refractivity contribution < 1.29 is 4.74 Å². The summed E-state index contributed by atoms with van der Waals surface area (Å²) in [7, 11) is 0. The average molecular weight is 255 g/mol. The number of benzene rings is 2. The zero-order valence-corrected chi connectivity index (χ0v) is 11.4. The van der Waals surface area contributed by atoms with Crippen molar-refractivity contribution in [3.05, 3.63) is 42.5 Å². The molecule has 2 aromatic rings. The monoisotopic (exact) mass is 255 g/mol. The van der Waals surface area contributed by atoms with Gasteiger partial charge in [-0.2, -0.15) is 0 Å². The lowest BCUT2D eigenvalue weighted by Crippen LogP contribution is -2.30. The van der Waals surface area contributed by atoms with Gasteiger partial charge in [-0.25, -0.2) is 0 Å². The minimum absolute atomic E-state index is 0.505. The van der Waals surface area contributed by atoms with Gasteiger partial charge < -0.3 is 10.1 Å². The number of hydrogen-bond acceptors (Lipinski definition) is 2. The third kappa shape index (κ3) is 2.90. The van der Waals surface area contributed by atoms with Crippen LogP contribution in [0.5, 0.6) is 0 Å². The van der Waals surface area contributed by atoms with Gasteiger partial charge in [0.25, 0.3) is 0 Å². The molecule has 0 aliphatic carbocycles. The number of nitrogens with one attached hydrogen (secondary N) is 1. The van der Waals surface area contributed by atoms with Gasteiger partial charge in [-0.15, -0.1) is 0 Å². The molecular weight excluding hydrogens is 234 g/mol. The molecule has 1 heterocycles. The second-order valence-corrected chi connectivity index (χ2v) is 5.44. The van der Waals surface area contributed by atoms with Crippen molar-refractivity contribution in [2.75, 3.05) is 18.5 Å². The Morgan fingerprint density at radius 3 is 2.58 bits per heavy atom. The summed E-state index contributed by atoms with van der Waals surface area (Å²) in [6, 6.07) is 15.6. The number of rotatable bonds is 3. The molecule has 0 radical (unpaired) electrons. The number of anilines is 1. The fraction of sp³-hybridized carbons (Fsp3) is 0.412. The van der Waals surface area contributed by atoms with Crippen LogP contribution < -0.4 is 5.32 Å². The minimum Gasteiger partial charge on any atom is -0.382 e. The summed E-state index contributed by atoms with van der Waals surface area (Å²) in [5, 5.41) is 6.24. The first-order valence-corrected chi connectivity index (χ1v) is 7.16. The topological polar surface area (TPSA) is 21.3 Å². The molecule has 2 nitrogen and oxygen atoms in total. The molecule has 1 unspecified atom stereocenters. The molecule has 0 aromatic heterocycles. The molecule has 1 N–H and O–H groups in total. The van der Waals surface area contributed by atoms with Crippen molar-refractivity contribution in [1.82, 2.24) is 0 Å². The maximum Gasteiger partial charge on any atom is 0.0469 e. The van der Waals surface area contributed by atoms with Gasteiger partial charge in [-0.05, 0) is 48.6 Å². The smallest absolute Gasteiger partial charge is 0.0469 e. The lowest BCUT2D eigenvalue weighted by atomic mass is 9.92. The molecule has 3 rings (SSSR count). The maximum atomic E-state index is 5.43. The molecule has 1 fully saturated rings. The van der Waals surface area contributed by atoms with E-state index in [4.69, 9.17) is 4.74 Å². The van der Waals surface area contributed by atoms with Gasteiger partial charge in [0.2, 0.25) is 0 Å². The van der Waals surface area contributed by atoms with E-state index >= 15 is 0 Å². The fourth-order valence-corrected chi connectivity index (χ4v) is 2.88. The van der Waals surface area contributed by atoms with E-state index in [1.165, 1.54) is 29.3 Å². The second-order valence-electron chi connectivity index (χ2n) is 5.44. The van der Waals surface area contributed by atoms with Gasteiger partial charge in [-0.1, -0.05) is 30.3 Å². The Kier molecular flexibility index (Phi) is 3.69. The van der Waals surface area contributed by atoms with E-state index in [9.17, 15) is 0 Å². The van der Waals surface area contributed by atoms with Crippen LogP contribution in [0.1, 0.15) is 19.8 Å². The van der Waals surface area contributed by atoms with Crippen molar-refractivity contribution in [2.24, 2.45) is 5.92 Å². The lowest BCUT2D eigenvalue weighted by Gasteiger charge is -2.29. The van der Waals surface area contributed by atoms with Crippen LogP contribution in [0.4, 0.5) is 5.69 Å². The molecule has 0 spiro atoms. The molecular formula is C17H21NO. The third-order valence-electron chi connectivity index (χ3n) is 4.12. The van der Waals surface area contributed by atoms with Gasteiger partial charge in [-0.3, -0.25) is 0 Å². The molecule has 1 atom stereocenters. The molecule has 2 aromatic carbocycles. The summed E-state index contributed by atoms with van der Waals surface area (Å²) in [4.78, 5) is 0. The highest BCUT2D eigenvalue weighted by atomic mass is 16.5. The van der Waals surface area contributed by atoms with Crippen LogP contribution in [0.2, 0.25) is 0 Å². The summed E-state index contributed by atoms with van der Waals surface area (Å²) in [6.07, 6.45) is 2.34. The Bertz CT molecular complexity index is 546. The molecule has 100 valence electrons. The number of hydrogen-bond donors (Lipinski definition) is 1. The Hall–Kier alpha value is -1.54. The summed E-state index contributed by atoms with van der Waals surface area (Å²) in [6.45, 7) is 4.11. The SMILES string of the molecule is CC(Nc1ccc2ccccc2c1)C1CCOCC1. The Labute approximate surface area is 114 Å². The standard InChI is InChI=1S/C17H21NO/c1-13(14-8-10-19-11-9-14)18-17-7-6-15-4-2-3-5-16(15)12-17/h2-7,12-14,18H,8-11H2,1H3. The van der Waals surface area contributed by atoms with Gasteiger partial charge in [0.1, 0.15) is 0 Å². The van der Waals surface area contributed by atoms with Crippen LogP contribution in [-0.2, 0) is 4.74 Å². The molecule has 0 amide bonds. The van der Waals surface area contributed by atoms with Crippen molar-refractivity contribution in [3.63, 3.8) is 0 Å². The highest BCUT2D eigenvalue weighted by molar-refractivity contribution is 5.85. The molecule has 1 aliphatic heterocycles. The van der Waals surface area contributed by atoms with Gasteiger partial charge >= 0.3 is 0 Å². The largest absolute Gasteiger partial charge is 0.382 e. The molecule has 19 heavy (non-hydrogen) atoms. The van der Waals surface area contributed by atoms with E-state index in [2.05, 4.69) is 54.7 Å². The Morgan fingerprint density at radius 2 is 1.79 bits per heavy atom. The van der Waals surface area contributed by atoms with Gasteiger partial charge in [0.15, 0.2) is 0 Å². The highest BCUT2D eigenvalue weighted by Crippen LogP contribution is 2.24. The highest BCUT2D eigenvalue weighted by Gasteiger charge is 2.20. The fourth-order valence-electron chi connectivity index (χ4n) is 2.88. The summed E-state index contributed by atoms with van der Waals surface area (Å²) < 4.78 is 5.43. The minimum atomic E-state index is 0.505. The quantitative estimate of drug-likeness (QED) is 0.892. The summed E-state index contributed by atoms with van der Waals surface area (Å²) >= 11 is 0. The molecule has 0 bridgehead atoms. The Balaban J connectivity index is 1.73. The van der Waals surface area contributed by atoms with Crippen LogP contribution in [0.3, 0.4) is 0 Å². The van der Waals surface area contributed by atoms with Gasteiger partial charge in [0.05, 0.1) is 0 Å². The molecule has 1 saturated heterocycles. The van der Waals surface area contributed by atoms with E-state index < -0.39 is 0 Å². The third-order valence-corrected chi connectivity index (χ3v) is 4.12.